The zero-order chi connectivity index (χ0) is 10.6. The molecule has 0 amide bonds. The second kappa shape index (κ2) is 5.72. The van der Waals surface area contributed by atoms with Gasteiger partial charge in [0.05, 0.1) is 0 Å². The van der Waals surface area contributed by atoms with Crippen LogP contribution in [0.25, 0.3) is 0 Å². The van der Waals surface area contributed by atoms with E-state index in [4.69, 9.17) is 0 Å². The van der Waals surface area contributed by atoms with Crippen LogP contribution in [0.4, 0.5) is 0 Å². The fourth-order valence-corrected chi connectivity index (χ4v) is 1.85. The molecule has 2 heteroatoms. The highest BCUT2D eigenvalue weighted by atomic mass is 15.1. The van der Waals surface area contributed by atoms with Crippen molar-refractivity contribution in [3.63, 3.8) is 0 Å². The van der Waals surface area contributed by atoms with Crippen LogP contribution in [0.2, 0.25) is 0 Å². The number of likely N-dealkylation sites (N-methyl/N-ethyl adjacent to an activating group) is 1. The van der Waals surface area contributed by atoms with Gasteiger partial charge in [0.15, 0.2) is 0 Å². The highest BCUT2D eigenvalue weighted by Crippen LogP contribution is 2.38. The summed E-state index contributed by atoms with van der Waals surface area (Å²) in [6, 6.07) is 0.675. The van der Waals surface area contributed by atoms with E-state index in [0.29, 0.717) is 6.04 Å². The maximum Gasteiger partial charge on any atom is 0.0189 e. The summed E-state index contributed by atoms with van der Waals surface area (Å²) >= 11 is 0. The largest absolute Gasteiger partial charge is 0.315 e. The number of hydrogen-bond donors (Lipinski definition) is 1. The summed E-state index contributed by atoms with van der Waals surface area (Å²) in [6.07, 6.45) is 2.68. The smallest absolute Gasteiger partial charge is 0.0189 e. The third-order valence-electron chi connectivity index (χ3n) is 3.42. The molecule has 1 saturated carbocycles. The topological polar surface area (TPSA) is 15.3 Å². The summed E-state index contributed by atoms with van der Waals surface area (Å²) in [5.41, 5.74) is 0. The Bertz CT molecular complexity index is 158. The minimum Gasteiger partial charge on any atom is -0.315 e. The van der Waals surface area contributed by atoms with Gasteiger partial charge < -0.3 is 10.2 Å². The molecule has 1 rings (SSSR count). The van der Waals surface area contributed by atoms with Gasteiger partial charge in [-0.05, 0) is 45.2 Å². The lowest BCUT2D eigenvalue weighted by Gasteiger charge is -2.25. The molecule has 1 aliphatic carbocycles. The lowest BCUT2D eigenvalue weighted by atomic mass is 10.2. The molecule has 1 N–H and O–H groups in total. The van der Waals surface area contributed by atoms with Crippen molar-refractivity contribution in [3.8, 4) is 0 Å². The van der Waals surface area contributed by atoms with Crippen LogP contribution in [-0.2, 0) is 0 Å². The summed E-state index contributed by atoms with van der Waals surface area (Å²) in [6.45, 7) is 10.5. The summed E-state index contributed by atoms with van der Waals surface area (Å²) in [4.78, 5) is 2.50. The fraction of sp³-hybridized carbons (Fsp3) is 1.00. The van der Waals surface area contributed by atoms with Crippen LogP contribution >= 0.6 is 0 Å². The van der Waals surface area contributed by atoms with Crippen LogP contribution in [0.5, 0.6) is 0 Å². The normalized spacial score (nSPS) is 28.1. The molecule has 0 aromatic carbocycles. The van der Waals surface area contributed by atoms with Gasteiger partial charge in [-0.2, -0.15) is 0 Å². The Morgan fingerprint density at radius 3 is 2.64 bits per heavy atom. The monoisotopic (exact) mass is 198 g/mol. The van der Waals surface area contributed by atoms with E-state index in [1.54, 1.807) is 0 Å². The van der Waals surface area contributed by atoms with Crippen molar-refractivity contribution >= 4 is 0 Å². The van der Waals surface area contributed by atoms with E-state index in [-0.39, 0.29) is 0 Å². The second-order valence-electron chi connectivity index (χ2n) is 4.97. The Labute approximate surface area is 89.1 Å². The van der Waals surface area contributed by atoms with E-state index in [1.807, 2.05) is 0 Å². The van der Waals surface area contributed by atoms with Gasteiger partial charge in [0.2, 0.25) is 0 Å². The molecule has 3 unspecified atom stereocenters. The highest BCUT2D eigenvalue weighted by molar-refractivity contribution is 4.85. The standard InChI is InChI=1S/C12H26N2/c1-5-6-13-8-11(3)14(4)9-12-7-10(12)2/h10-13H,5-9H2,1-4H3. The first-order valence-electron chi connectivity index (χ1n) is 6.06. The van der Waals surface area contributed by atoms with Crippen molar-refractivity contribution in [2.24, 2.45) is 11.8 Å². The second-order valence-corrected chi connectivity index (χ2v) is 4.97. The summed E-state index contributed by atoms with van der Waals surface area (Å²) in [5, 5.41) is 3.48. The van der Waals surface area contributed by atoms with Gasteiger partial charge in [0, 0.05) is 19.1 Å². The molecule has 0 aliphatic heterocycles. The zero-order valence-corrected chi connectivity index (χ0v) is 10.2. The minimum absolute atomic E-state index is 0.675. The molecule has 0 heterocycles. The predicted octanol–water partition coefficient (Wildman–Crippen LogP) is 1.96. The Morgan fingerprint density at radius 2 is 2.14 bits per heavy atom. The van der Waals surface area contributed by atoms with Gasteiger partial charge in [-0.1, -0.05) is 13.8 Å². The Kier molecular flexibility index (Phi) is 4.90. The van der Waals surface area contributed by atoms with Gasteiger partial charge in [0.25, 0.3) is 0 Å². The van der Waals surface area contributed by atoms with Gasteiger partial charge in [-0.25, -0.2) is 0 Å². The van der Waals surface area contributed by atoms with Gasteiger partial charge in [-0.15, -0.1) is 0 Å². The average molecular weight is 198 g/mol. The van der Waals surface area contributed by atoms with Crippen molar-refractivity contribution in [3.05, 3.63) is 0 Å². The lowest BCUT2D eigenvalue weighted by molar-refractivity contribution is 0.238. The first kappa shape index (κ1) is 12.0. The molecule has 3 atom stereocenters. The fourth-order valence-electron chi connectivity index (χ4n) is 1.85. The number of rotatable bonds is 7. The number of hydrogen-bond acceptors (Lipinski definition) is 2. The molecule has 0 aromatic rings. The molecule has 1 fully saturated rings. The van der Waals surface area contributed by atoms with E-state index in [9.17, 15) is 0 Å². The van der Waals surface area contributed by atoms with Crippen LogP contribution < -0.4 is 5.32 Å². The molecule has 84 valence electrons. The van der Waals surface area contributed by atoms with Gasteiger partial charge in [0.1, 0.15) is 0 Å². The van der Waals surface area contributed by atoms with E-state index < -0.39 is 0 Å². The molecule has 1 aliphatic rings. The molecule has 0 aromatic heterocycles. The minimum atomic E-state index is 0.675. The van der Waals surface area contributed by atoms with Gasteiger partial charge >= 0.3 is 0 Å². The first-order valence-corrected chi connectivity index (χ1v) is 6.06. The maximum atomic E-state index is 3.48. The molecule has 0 radical (unpaired) electrons. The quantitative estimate of drug-likeness (QED) is 0.629. The van der Waals surface area contributed by atoms with Crippen LogP contribution in [0, 0.1) is 11.8 Å². The highest BCUT2D eigenvalue weighted by Gasteiger charge is 2.33. The Balaban J connectivity index is 2.06. The Hall–Kier alpha value is -0.0800. The van der Waals surface area contributed by atoms with Crippen molar-refractivity contribution in [1.82, 2.24) is 10.2 Å². The van der Waals surface area contributed by atoms with E-state index >= 15 is 0 Å². The number of nitrogens with zero attached hydrogens (tertiary/aromatic N) is 1. The van der Waals surface area contributed by atoms with Gasteiger partial charge in [-0.3, -0.25) is 0 Å². The molecular weight excluding hydrogens is 172 g/mol. The third kappa shape index (κ3) is 3.97. The number of nitrogens with one attached hydrogen (secondary N) is 1. The summed E-state index contributed by atoms with van der Waals surface area (Å²) in [5.74, 6) is 1.96. The molecule has 2 nitrogen and oxygen atoms in total. The molecule has 0 saturated heterocycles. The maximum absolute atomic E-state index is 3.48. The summed E-state index contributed by atoms with van der Waals surface area (Å²) in [7, 11) is 2.25. The first-order chi connectivity index (χ1) is 6.65. The predicted molar refractivity (Wildman–Crippen MR) is 62.5 cm³/mol. The molecule has 14 heavy (non-hydrogen) atoms. The van der Waals surface area contributed by atoms with E-state index in [1.165, 1.54) is 19.4 Å². The molecule has 0 bridgehead atoms. The summed E-state index contributed by atoms with van der Waals surface area (Å²) < 4.78 is 0. The van der Waals surface area contributed by atoms with Crippen LogP contribution in [-0.4, -0.2) is 37.6 Å². The Morgan fingerprint density at radius 1 is 1.50 bits per heavy atom. The molecular formula is C12H26N2. The van der Waals surface area contributed by atoms with Crippen molar-refractivity contribution in [2.75, 3.05) is 26.7 Å². The van der Waals surface area contributed by atoms with Crippen molar-refractivity contribution < 1.29 is 0 Å². The average Bonchev–Trinajstić information content (AvgIpc) is 2.82. The molecule has 0 spiro atoms. The SMILES string of the molecule is CCCNCC(C)N(C)CC1CC1C. The van der Waals surface area contributed by atoms with Crippen molar-refractivity contribution in [1.29, 1.82) is 0 Å². The van der Waals surface area contributed by atoms with E-state index in [2.05, 4.69) is 38.0 Å². The lowest BCUT2D eigenvalue weighted by Crippen LogP contribution is -2.39. The van der Waals surface area contributed by atoms with Crippen LogP contribution in [0.1, 0.15) is 33.6 Å². The van der Waals surface area contributed by atoms with Crippen LogP contribution in [0.3, 0.4) is 0 Å². The third-order valence-corrected chi connectivity index (χ3v) is 3.42. The zero-order valence-electron chi connectivity index (χ0n) is 10.2. The van der Waals surface area contributed by atoms with E-state index in [0.717, 1.165) is 24.9 Å². The van der Waals surface area contributed by atoms with Crippen LogP contribution in [0.15, 0.2) is 0 Å². The van der Waals surface area contributed by atoms with Crippen molar-refractivity contribution in [2.45, 2.75) is 39.7 Å².